The molecule has 0 unspecified atom stereocenters. The Bertz CT molecular complexity index is 663. The molecule has 0 aliphatic carbocycles. The number of benzene rings is 1. The Kier molecular flexibility index (Phi) is 4.41. The smallest absolute Gasteiger partial charge is 0.166 e. The van der Waals surface area contributed by atoms with Crippen molar-refractivity contribution in [2.75, 3.05) is 0 Å². The van der Waals surface area contributed by atoms with Crippen LogP contribution in [0.2, 0.25) is 0 Å². The van der Waals surface area contributed by atoms with Gasteiger partial charge >= 0.3 is 0 Å². The SMILES string of the molecule is CC(=O)c1c(C)[nH]c(C=O)c1-c1ccc(CC(C)C)cc1. The fourth-order valence-corrected chi connectivity index (χ4v) is 2.76. The van der Waals surface area contributed by atoms with Gasteiger partial charge in [-0.25, -0.2) is 0 Å². The van der Waals surface area contributed by atoms with Crippen molar-refractivity contribution in [3.05, 3.63) is 46.8 Å². The molecule has 2 aromatic rings. The van der Waals surface area contributed by atoms with Gasteiger partial charge in [0.1, 0.15) is 0 Å². The molecule has 0 spiro atoms. The molecule has 1 aromatic heterocycles. The molecule has 1 heterocycles. The van der Waals surface area contributed by atoms with E-state index in [0.29, 0.717) is 22.7 Å². The largest absolute Gasteiger partial charge is 0.355 e. The molecule has 110 valence electrons. The number of hydrogen-bond donors (Lipinski definition) is 1. The predicted molar refractivity (Wildman–Crippen MR) is 84.9 cm³/mol. The van der Waals surface area contributed by atoms with Gasteiger partial charge in [-0.3, -0.25) is 9.59 Å². The maximum Gasteiger partial charge on any atom is 0.166 e. The zero-order valence-electron chi connectivity index (χ0n) is 13.0. The third kappa shape index (κ3) is 3.13. The molecule has 0 saturated heterocycles. The molecule has 0 aliphatic heterocycles. The minimum atomic E-state index is -0.0295. The summed E-state index contributed by atoms with van der Waals surface area (Å²) in [5.74, 6) is 0.571. The third-order valence-corrected chi connectivity index (χ3v) is 3.57. The number of aromatic amines is 1. The lowest BCUT2D eigenvalue weighted by Crippen LogP contribution is -1.97. The highest BCUT2D eigenvalue weighted by atomic mass is 16.1. The van der Waals surface area contributed by atoms with E-state index in [-0.39, 0.29) is 5.78 Å². The van der Waals surface area contributed by atoms with Gasteiger partial charge in [0, 0.05) is 16.8 Å². The van der Waals surface area contributed by atoms with Crippen LogP contribution in [0, 0.1) is 12.8 Å². The number of carbonyl (C=O) groups is 2. The average molecular weight is 283 g/mol. The first kappa shape index (κ1) is 15.2. The normalized spacial score (nSPS) is 10.9. The van der Waals surface area contributed by atoms with Crippen molar-refractivity contribution in [3.63, 3.8) is 0 Å². The number of H-pyrrole nitrogens is 1. The summed E-state index contributed by atoms with van der Waals surface area (Å²) in [5, 5.41) is 0. The van der Waals surface area contributed by atoms with Crippen molar-refractivity contribution in [1.29, 1.82) is 0 Å². The molecule has 0 radical (unpaired) electrons. The number of Topliss-reactive ketones (excluding diaryl/α,β-unsaturated/α-hetero) is 1. The highest BCUT2D eigenvalue weighted by Crippen LogP contribution is 2.30. The molecule has 0 fully saturated rings. The number of nitrogens with one attached hydrogen (secondary N) is 1. The van der Waals surface area contributed by atoms with E-state index in [1.165, 1.54) is 12.5 Å². The van der Waals surface area contributed by atoms with Crippen LogP contribution in [0.3, 0.4) is 0 Å². The molecule has 2 rings (SSSR count). The van der Waals surface area contributed by atoms with Gasteiger partial charge in [0.25, 0.3) is 0 Å². The van der Waals surface area contributed by atoms with Crippen LogP contribution in [0.4, 0.5) is 0 Å². The Morgan fingerprint density at radius 2 is 1.86 bits per heavy atom. The molecule has 1 N–H and O–H groups in total. The first-order valence-electron chi connectivity index (χ1n) is 7.22. The monoisotopic (exact) mass is 283 g/mol. The Morgan fingerprint density at radius 1 is 1.24 bits per heavy atom. The minimum Gasteiger partial charge on any atom is -0.355 e. The number of ketones is 1. The van der Waals surface area contributed by atoms with Gasteiger partial charge in [-0.05, 0) is 37.3 Å². The third-order valence-electron chi connectivity index (χ3n) is 3.57. The topological polar surface area (TPSA) is 49.9 Å². The maximum absolute atomic E-state index is 11.9. The lowest BCUT2D eigenvalue weighted by atomic mass is 9.95. The van der Waals surface area contributed by atoms with E-state index < -0.39 is 0 Å². The van der Waals surface area contributed by atoms with Gasteiger partial charge in [0.15, 0.2) is 12.1 Å². The first-order valence-corrected chi connectivity index (χ1v) is 7.22. The van der Waals surface area contributed by atoms with Gasteiger partial charge in [-0.15, -0.1) is 0 Å². The lowest BCUT2D eigenvalue weighted by molar-refractivity contribution is 0.101. The van der Waals surface area contributed by atoms with Crippen LogP contribution in [0.5, 0.6) is 0 Å². The second-order valence-electron chi connectivity index (χ2n) is 5.88. The quantitative estimate of drug-likeness (QED) is 0.660. The maximum atomic E-state index is 11.9. The summed E-state index contributed by atoms with van der Waals surface area (Å²) in [4.78, 5) is 26.1. The van der Waals surface area contributed by atoms with E-state index in [1.54, 1.807) is 0 Å². The molecule has 1 aromatic carbocycles. The van der Waals surface area contributed by atoms with Crippen molar-refractivity contribution in [3.8, 4) is 11.1 Å². The Morgan fingerprint density at radius 3 is 2.33 bits per heavy atom. The van der Waals surface area contributed by atoms with Gasteiger partial charge in [-0.1, -0.05) is 38.1 Å². The van der Waals surface area contributed by atoms with E-state index >= 15 is 0 Å². The van der Waals surface area contributed by atoms with Crippen molar-refractivity contribution in [2.24, 2.45) is 5.92 Å². The van der Waals surface area contributed by atoms with Crippen LogP contribution in [0.15, 0.2) is 24.3 Å². The Balaban J connectivity index is 2.50. The second-order valence-corrected chi connectivity index (χ2v) is 5.88. The van der Waals surface area contributed by atoms with Crippen molar-refractivity contribution in [1.82, 2.24) is 4.98 Å². The van der Waals surface area contributed by atoms with E-state index in [9.17, 15) is 9.59 Å². The minimum absolute atomic E-state index is 0.0295. The Labute approximate surface area is 125 Å². The summed E-state index contributed by atoms with van der Waals surface area (Å²) >= 11 is 0. The number of aldehydes is 1. The summed E-state index contributed by atoms with van der Waals surface area (Å²) in [5.41, 5.74) is 4.69. The fourth-order valence-electron chi connectivity index (χ4n) is 2.76. The fraction of sp³-hybridized carbons (Fsp3) is 0.333. The number of aromatic nitrogens is 1. The zero-order valence-corrected chi connectivity index (χ0v) is 13.0. The van der Waals surface area contributed by atoms with E-state index in [0.717, 1.165) is 24.0 Å². The van der Waals surface area contributed by atoms with Gasteiger partial charge in [0.2, 0.25) is 0 Å². The van der Waals surface area contributed by atoms with Gasteiger partial charge in [0.05, 0.1) is 5.69 Å². The summed E-state index contributed by atoms with van der Waals surface area (Å²) in [6, 6.07) is 8.10. The average Bonchev–Trinajstić information content (AvgIpc) is 2.76. The summed E-state index contributed by atoms with van der Waals surface area (Å²) in [7, 11) is 0. The van der Waals surface area contributed by atoms with Crippen LogP contribution in [0.1, 0.15) is 52.9 Å². The van der Waals surface area contributed by atoms with Crippen LogP contribution in [-0.2, 0) is 6.42 Å². The van der Waals surface area contributed by atoms with Crippen molar-refractivity contribution < 1.29 is 9.59 Å². The zero-order chi connectivity index (χ0) is 15.6. The van der Waals surface area contributed by atoms with E-state index in [2.05, 4.69) is 31.0 Å². The number of carbonyl (C=O) groups excluding carboxylic acids is 2. The standard InChI is InChI=1S/C18H21NO2/c1-11(2)9-14-5-7-15(8-6-14)18-16(10-20)19-12(3)17(18)13(4)21/h5-8,10-11,19H,9H2,1-4H3. The predicted octanol–water partition coefficient (Wildman–Crippen LogP) is 4.20. The van der Waals surface area contributed by atoms with Gasteiger partial charge < -0.3 is 4.98 Å². The lowest BCUT2D eigenvalue weighted by Gasteiger charge is -2.08. The summed E-state index contributed by atoms with van der Waals surface area (Å²) < 4.78 is 0. The summed E-state index contributed by atoms with van der Waals surface area (Å²) in [6.07, 6.45) is 1.79. The van der Waals surface area contributed by atoms with E-state index in [4.69, 9.17) is 0 Å². The first-order chi connectivity index (χ1) is 9.93. The number of rotatable bonds is 5. The van der Waals surface area contributed by atoms with E-state index in [1.807, 2.05) is 19.1 Å². The van der Waals surface area contributed by atoms with Crippen molar-refractivity contribution in [2.45, 2.75) is 34.1 Å². The molecule has 0 atom stereocenters. The molecule has 0 aliphatic rings. The number of hydrogen-bond acceptors (Lipinski definition) is 2. The van der Waals surface area contributed by atoms with Crippen LogP contribution in [0.25, 0.3) is 11.1 Å². The van der Waals surface area contributed by atoms with Crippen LogP contribution >= 0.6 is 0 Å². The summed E-state index contributed by atoms with van der Waals surface area (Å²) in [6.45, 7) is 7.71. The van der Waals surface area contributed by atoms with Crippen molar-refractivity contribution >= 4 is 12.1 Å². The molecular weight excluding hydrogens is 262 g/mol. The second kappa shape index (κ2) is 6.08. The molecule has 21 heavy (non-hydrogen) atoms. The molecule has 3 heteroatoms. The molecule has 3 nitrogen and oxygen atoms in total. The highest BCUT2D eigenvalue weighted by molar-refractivity contribution is 6.06. The Hall–Kier alpha value is -2.16. The van der Waals surface area contributed by atoms with Gasteiger partial charge in [-0.2, -0.15) is 0 Å². The molecule has 0 saturated carbocycles. The number of aryl methyl sites for hydroxylation is 1. The van der Waals surface area contributed by atoms with Crippen LogP contribution < -0.4 is 0 Å². The van der Waals surface area contributed by atoms with Crippen LogP contribution in [-0.4, -0.2) is 17.1 Å². The molecule has 0 bridgehead atoms. The molecule has 0 amide bonds. The molecular formula is C18H21NO2. The highest BCUT2D eigenvalue weighted by Gasteiger charge is 2.19.